The Kier molecular flexibility index (Phi) is 7.64. The molecule has 0 aliphatic carbocycles. The number of carbonyl (C=O) groups is 2. The molecule has 31 heavy (non-hydrogen) atoms. The molecule has 0 radical (unpaired) electrons. The van der Waals surface area contributed by atoms with Gasteiger partial charge in [0.15, 0.2) is 11.5 Å². The van der Waals surface area contributed by atoms with E-state index in [9.17, 15) is 9.59 Å². The molecule has 0 saturated heterocycles. The average Bonchev–Trinajstić information content (AvgIpc) is 3.09. The molecule has 0 aliphatic heterocycles. The summed E-state index contributed by atoms with van der Waals surface area (Å²) < 4.78 is 16.0. The van der Waals surface area contributed by atoms with Gasteiger partial charge < -0.3 is 19.2 Å². The van der Waals surface area contributed by atoms with Crippen LogP contribution in [0.15, 0.2) is 40.8 Å². The fourth-order valence-corrected chi connectivity index (χ4v) is 3.86. The van der Waals surface area contributed by atoms with Crippen LogP contribution in [0.4, 0.5) is 6.01 Å². The van der Waals surface area contributed by atoms with Crippen molar-refractivity contribution in [3.63, 3.8) is 0 Å². The van der Waals surface area contributed by atoms with Gasteiger partial charge in [0.25, 0.3) is 6.01 Å². The van der Waals surface area contributed by atoms with E-state index < -0.39 is 23.9 Å². The molecular weight excluding hydrogens is 467 g/mol. The molecule has 164 valence electrons. The average molecular weight is 486 g/mol. The fourth-order valence-electron chi connectivity index (χ4n) is 3.06. The lowest BCUT2D eigenvalue weighted by molar-refractivity contribution is -0.162. The molecule has 0 aliphatic rings. The number of fused-ring (bicyclic) bond motifs is 1. The molecule has 1 aromatic heterocycles. The summed E-state index contributed by atoms with van der Waals surface area (Å²) in [5.41, 5.74) is 1.25. The molecule has 3 rings (SSSR count). The maximum absolute atomic E-state index is 12.8. The van der Waals surface area contributed by atoms with Crippen molar-refractivity contribution < 1.29 is 23.5 Å². The van der Waals surface area contributed by atoms with E-state index in [1.54, 1.807) is 50.2 Å². The zero-order valence-electron chi connectivity index (χ0n) is 16.7. The number of esters is 2. The summed E-state index contributed by atoms with van der Waals surface area (Å²) in [6.07, 6.45) is 0. The summed E-state index contributed by atoms with van der Waals surface area (Å²) in [6, 6.07) is 8.73. The van der Waals surface area contributed by atoms with Crippen molar-refractivity contribution in [1.82, 2.24) is 4.98 Å². The van der Waals surface area contributed by atoms with Crippen LogP contribution in [0.5, 0.6) is 0 Å². The maximum Gasteiger partial charge on any atom is 0.322 e. The van der Waals surface area contributed by atoms with Gasteiger partial charge in [0.1, 0.15) is 5.52 Å². The van der Waals surface area contributed by atoms with Gasteiger partial charge in [-0.3, -0.25) is 9.59 Å². The molecule has 1 atom stereocenters. The van der Waals surface area contributed by atoms with E-state index in [2.05, 4.69) is 10.3 Å². The lowest BCUT2D eigenvalue weighted by Gasteiger charge is -2.26. The number of benzene rings is 2. The number of nitrogens with zero attached hydrogens (tertiary/aromatic N) is 1. The highest BCUT2D eigenvalue weighted by atomic mass is 35.5. The largest absolute Gasteiger partial charge is 0.465 e. The third-order valence-corrected chi connectivity index (χ3v) is 5.25. The zero-order valence-corrected chi connectivity index (χ0v) is 18.9. The zero-order chi connectivity index (χ0) is 22.5. The predicted octanol–water partition coefficient (Wildman–Crippen LogP) is 5.68. The quantitative estimate of drug-likeness (QED) is 0.324. The maximum atomic E-state index is 12.8. The third-order valence-electron chi connectivity index (χ3n) is 4.35. The summed E-state index contributed by atoms with van der Waals surface area (Å²) >= 11 is 18.8. The molecule has 2 aromatic carbocycles. The highest BCUT2D eigenvalue weighted by Crippen LogP contribution is 2.38. The first-order valence-corrected chi connectivity index (χ1v) is 10.6. The van der Waals surface area contributed by atoms with Gasteiger partial charge in [0.2, 0.25) is 0 Å². The monoisotopic (exact) mass is 484 g/mol. The van der Waals surface area contributed by atoms with Gasteiger partial charge in [-0.15, -0.1) is 0 Å². The molecular formula is C21H19Cl3N2O5. The number of oxazole rings is 1. The van der Waals surface area contributed by atoms with Gasteiger partial charge in [-0.1, -0.05) is 40.9 Å². The van der Waals surface area contributed by atoms with E-state index in [1.807, 2.05) is 0 Å². The van der Waals surface area contributed by atoms with E-state index in [1.165, 1.54) is 0 Å². The normalized spacial score (nSPS) is 12.1. The number of halogens is 3. The Morgan fingerprint density at radius 1 is 1.03 bits per heavy atom. The first-order chi connectivity index (χ1) is 14.8. The fraction of sp³-hybridized carbons (Fsp3) is 0.286. The molecule has 0 amide bonds. The molecule has 0 bridgehead atoms. The predicted molar refractivity (Wildman–Crippen MR) is 119 cm³/mol. The Bertz CT molecular complexity index is 1060. The minimum Gasteiger partial charge on any atom is -0.465 e. The Hall–Kier alpha value is -2.48. The third kappa shape index (κ3) is 5.23. The SMILES string of the molecule is CCOC(=O)C(C(=O)OCC)C(Nc1nc2cc(Cl)ccc2o1)c1c(Cl)cccc1Cl. The lowest BCUT2D eigenvalue weighted by atomic mass is 9.92. The Labute approximate surface area is 193 Å². The molecule has 1 heterocycles. The lowest BCUT2D eigenvalue weighted by Crippen LogP contribution is -2.37. The summed E-state index contributed by atoms with van der Waals surface area (Å²) in [7, 11) is 0. The van der Waals surface area contributed by atoms with Gasteiger partial charge in [0, 0.05) is 20.6 Å². The van der Waals surface area contributed by atoms with Crippen LogP contribution >= 0.6 is 34.8 Å². The molecule has 0 fully saturated rings. The Balaban J connectivity index is 2.12. The van der Waals surface area contributed by atoms with Gasteiger partial charge in [-0.05, 0) is 44.2 Å². The molecule has 0 saturated carbocycles. The van der Waals surface area contributed by atoms with Gasteiger partial charge in [0.05, 0.1) is 19.3 Å². The number of carbonyl (C=O) groups excluding carboxylic acids is 2. The number of nitrogens with one attached hydrogen (secondary N) is 1. The smallest absolute Gasteiger partial charge is 0.322 e. The van der Waals surface area contributed by atoms with Gasteiger partial charge in [-0.25, -0.2) is 0 Å². The van der Waals surface area contributed by atoms with E-state index in [-0.39, 0.29) is 29.3 Å². The summed E-state index contributed by atoms with van der Waals surface area (Å²) in [5.74, 6) is -3.02. The van der Waals surface area contributed by atoms with Crippen molar-refractivity contribution in [2.24, 2.45) is 5.92 Å². The van der Waals surface area contributed by atoms with E-state index >= 15 is 0 Å². The van der Waals surface area contributed by atoms with Crippen molar-refractivity contribution in [3.8, 4) is 0 Å². The number of rotatable bonds is 8. The molecule has 0 spiro atoms. The number of ether oxygens (including phenoxy) is 2. The Morgan fingerprint density at radius 3 is 2.23 bits per heavy atom. The molecule has 1 unspecified atom stereocenters. The Morgan fingerprint density at radius 2 is 1.65 bits per heavy atom. The first-order valence-electron chi connectivity index (χ1n) is 9.45. The minimum atomic E-state index is -1.42. The van der Waals surface area contributed by atoms with Crippen LogP contribution in [-0.2, 0) is 19.1 Å². The standard InChI is InChI=1S/C21H19Cl3N2O5/c1-3-29-19(27)17(20(28)30-4-2)18(16-12(23)6-5-7-13(16)24)26-21-25-14-10-11(22)8-9-15(14)31-21/h5-10,17-18H,3-4H2,1-2H3,(H,25,26). The molecule has 1 N–H and O–H groups in total. The highest BCUT2D eigenvalue weighted by Gasteiger charge is 2.41. The van der Waals surface area contributed by atoms with Crippen LogP contribution in [0, 0.1) is 5.92 Å². The second kappa shape index (κ2) is 10.2. The van der Waals surface area contributed by atoms with E-state index in [4.69, 9.17) is 48.7 Å². The van der Waals surface area contributed by atoms with Crippen LogP contribution < -0.4 is 5.32 Å². The van der Waals surface area contributed by atoms with E-state index in [0.717, 1.165) is 0 Å². The first kappa shape index (κ1) is 23.2. The number of aromatic nitrogens is 1. The number of anilines is 1. The van der Waals surface area contributed by atoms with Crippen LogP contribution in [0.3, 0.4) is 0 Å². The van der Waals surface area contributed by atoms with Crippen molar-refractivity contribution in [2.75, 3.05) is 18.5 Å². The highest BCUT2D eigenvalue weighted by molar-refractivity contribution is 6.36. The minimum absolute atomic E-state index is 0.0388. The van der Waals surface area contributed by atoms with Crippen molar-refractivity contribution in [2.45, 2.75) is 19.9 Å². The summed E-state index contributed by atoms with van der Waals surface area (Å²) in [6.45, 7) is 3.41. The van der Waals surface area contributed by atoms with Gasteiger partial charge >= 0.3 is 11.9 Å². The topological polar surface area (TPSA) is 90.7 Å². The van der Waals surface area contributed by atoms with Crippen LogP contribution in [0.2, 0.25) is 15.1 Å². The summed E-state index contributed by atoms with van der Waals surface area (Å²) in [5, 5.41) is 3.93. The summed E-state index contributed by atoms with van der Waals surface area (Å²) in [4.78, 5) is 29.9. The second-order valence-electron chi connectivity index (χ2n) is 6.37. The molecule has 3 aromatic rings. The molecule has 7 nitrogen and oxygen atoms in total. The van der Waals surface area contributed by atoms with Crippen LogP contribution in [0.1, 0.15) is 25.5 Å². The number of hydrogen-bond donors (Lipinski definition) is 1. The van der Waals surface area contributed by atoms with Crippen LogP contribution in [-0.4, -0.2) is 30.1 Å². The van der Waals surface area contributed by atoms with Crippen molar-refractivity contribution in [3.05, 3.63) is 57.0 Å². The van der Waals surface area contributed by atoms with Gasteiger partial charge in [-0.2, -0.15) is 4.98 Å². The van der Waals surface area contributed by atoms with E-state index in [0.29, 0.717) is 21.7 Å². The van der Waals surface area contributed by atoms with Crippen LogP contribution in [0.25, 0.3) is 11.1 Å². The van der Waals surface area contributed by atoms with Crippen molar-refractivity contribution in [1.29, 1.82) is 0 Å². The second-order valence-corrected chi connectivity index (χ2v) is 7.62. The number of hydrogen-bond acceptors (Lipinski definition) is 7. The molecule has 10 heteroatoms. The van der Waals surface area contributed by atoms with Crippen molar-refractivity contribution >= 4 is 63.9 Å².